The second kappa shape index (κ2) is 8.46. The van der Waals surface area contributed by atoms with E-state index in [2.05, 4.69) is 20.5 Å². The summed E-state index contributed by atoms with van der Waals surface area (Å²) in [6.07, 6.45) is 1.93. The summed E-state index contributed by atoms with van der Waals surface area (Å²) < 4.78 is 7.42. The number of carbonyl (C=O) groups excluding carboxylic acids is 1. The lowest BCUT2D eigenvalue weighted by molar-refractivity contribution is -0.116. The lowest BCUT2D eigenvalue weighted by Crippen LogP contribution is -2.25. The quantitative estimate of drug-likeness (QED) is 0.499. The van der Waals surface area contributed by atoms with Crippen LogP contribution in [0.15, 0.2) is 54.7 Å². The third kappa shape index (κ3) is 3.84. The lowest BCUT2D eigenvalue weighted by Gasteiger charge is -2.25. The molecule has 0 aliphatic carbocycles. The number of rotatable bonds is 5. The molecule has 1 aliphatic rings. The highest BCUT2D eigenvalue weighted by molar-refractivity contribution is 5.95. The van der Waals surface area contributed by atoms with Crippen LogP contribution in [0.2, 0.25) is 0 Å². The maximum atomic E-state index is 12.7. The van der Waals surface area contributed by atoms with Crippen LogP contribution in [0.4, 0.5) is 5.82 Å². The summed E-state index contributed by atoms with van der Waals surface area (Å²) in [6, 6.07) is 15.9. The molecular weight excluding hydrogens is 416 g/mol. The van der Waals surface area contributed by atoms with Crippen LogP contribution in [-0.4, -0.2) is 37.5 Å². The summed E-state index contributed by atoms with van der Waals surface area (Å²) in [5.41, 5.74) is 5.48. The summed E-state index contributed by atoms with van der Waals surface area (Å²) in [7, 11) is 0. The van der Waals surface area contributed by atoms with E-state index in [1.807, 2.05) is 69.3 Å². The van der Waals surface area contributed by atoms with Gasteiger partial charge in [0.25, 0.3) is 5.95 Å². The van der Waals surface area contributed by atoms with Crippen molar-refractivity contribution in [1.82, 2.24) is 25.0 Å². The van der Waals surface area contributed by atoms with E-state index in [9.17, 15) is 4.79 Å². The fourth-order valence-electron chi connectivity index (χ4n) is 4.26. The minimum absolute atomic E-state index is 0.0948. The molecule has 3 heterocycles. The van der Waals surface area contributed by atoms with Gasteiger partial charge in [-0.1, -0.05) is 48.0 Å². The zero-order valence-electron chi connectivity index (χ0n) is 18.7. The predicted octanol–water partition coefficient (Wildman–Crippen LogP) is 4.21. The Hall–Kier alpha value is -4.07. The highest BCUT2D eigenvalue weighted by Gasteiger charge is 2.34. The summed E-state index contributed by atoms with van der Waals surface area (Å²) in [5, 5.41) is 16.0. The molecule has 0 saturated heterocycles. The number of aromatic nitrogens is 5. The number of nitrogens with one attached hydrogen (secondary N) is 1. The van der Waals surface area contributed by atoms with Gasteiger partial charge in [0.1, 0.15) is 11.6 Å². The van der Waals surface area contributed by atoms with Crippen molar-refractivity contribution in [1.29, 1.82) is 0 Å². The highest BCUT2D eigenvalue weighted by atomic mass is 16.5. The van der Waals surface area contributed by atoms with Crippen molar-refractivity contribution in [2.75, 3.05) is 11.9 Å². The lowest BCUT2D eigenvalue weighted by atomic mass is 9.85. The van der Waals surface area contributed by atoms with Gasteiger partial charge < -0.3 is 10.1 Å². The average molecular weight is 441 g/mol. The average Bonchev–Trinajstić information content (AvgIpc) is 3.16. The third-order valence-corrected chi connectivity index (χ3v) is 5.78. The number of hydrogen-bond donors (Lipinski definition) is 1. The van der Waals surface area contributed by atoms with E-state index in [1.165, 1.54) is 5.56 Å². The van der Waals surface area contributed by atoms with Crippen molar-refractivity contribution in [2.45, 2.75) is 33.1 Å². The molecule has 1 amide bonds. The first kappa shape index (κ1) is 20.8. The Labute approximate surface area is 191 Å². The summed E-state index contributed by atoms with van der Waals surface area (Å²) in [5.74, 6) is 1.37. The van der Waals surface area contributed by atoms with Gasteiger partial charge >= 0.3 is 0 Å². The van der Waals surface area contributed by atoms with Crippen LogP contribution in [-0.2, 0) is 4.79 Å². The molecule has 0 saturated carbocycles. The van der Waals surface area contributed by atoms with E-state index in [4.69, 9.17) is 9.84 Å². The van der Waals surface area contributed by atoms with E-state index in [1.54, 1.807) is 10.9 Å². The Morgan fingerprint density at radius 2 is 1.91 bits per heavy atom. The standard InChI is InChI=1S/C25H24N6O2/c1-4-33-21-8-6-5-7-18(21)19-13-22(32)28-24-23(19)16(3)30-31(24)25-27-20(14-26-29-25)17-11-9-15(2)10-12-17/h5-12,14,19H,4,13H2,1-3H3,(H,28,32). The van der Waals surface area contributed by atoms with Gasteiger partial charge in [-0.3, -0.25) is 4.79 Å². The first-order chi connectivity index (χ1) is 16.0. The van der Waals surface area contributed by atoms with Crippen LogP contribution in [0, 0.1) is 13.8 Å². The maximum absolute atomic E-state index is 12.7. The van der Waals surface area contributed by atoms with Crippen LogP contribution in [0.5, 0.6) is 5.75 Å². The number of ether oxygens (including phenoxy) is 1. The van der Waals surface area contributed by atoms with Crippen molar-refractivity contribution in [3.05, 3.63) is 77.1 Å². The fraction of sp³-hybridized carbons (Fsp3) is 0.240. The van der Waals surface area contributed by atoms with E-state index in [0.29, 0.717) is 30.5 Å². The molecule has 2 aromatic heterocycles. The Morgan fingerprint density at radius 1 is 1.12 bits per heavy atom. The van der Waals surface area contributed by atoms with E-state index in [0.717, 1.165) is 28.1 Å². The van der Waals surface area contributed by atoms with Crippen LogP contribution in [0.1, 0.15) is 41.6 Å². The number of aryl methyl sites for hydroxylation is 2. The zero-order chi connectivity index (χ0) is 22.9. The highest BCUT2D eigenvalue weighted by Crippen LogP contribution is 2.42. The van der Waals surface area contributed by atoms with Crippen LogP contribution in [0.25, 0.3) is 17.2 Å². The minimum atomic E-state index is -0.182. The number of fused-ring (bicyclic) bond motifs is 1. The number of anilines is 1. The van der Waals surface area contributed by atoms with Gasteiger partial charge in [-0.25, -0.2) is 4.98 Å². The Kier molecular flexibility index (Phi) is 5.34. The number of para-hydroxylation sites is 1. The van der Waals surface area contributed by atoms with Gasteiger partial charge in [-0.05, 0) is 26.8 Å². The molecular formula is C25H24N6O2. The smallest absolute Gasteiger partial charge is 0.272 e. The van der Waals surface area contributed by atoms with Crippen molar-refractivity contribution in [2.24, 2.45) is 0 Å². The second-order valence-corrected chi connectivity index (χ2v) is 8.04. The van der Waals surface area contributed by atoms with Gasteiger partial charge in [0, 0.05) is 29.0 Å². The van der Waals surface area contributed by atoms with Crippen LogP contribution >= 0.6 is 0 Å². The molecule has 33 heavy (non-hydrogen) atoms. The normalized spacial score (nSPS) is 15.1. The number of carbonyl (C=O) groups is 1. The molecule has 4 aromatic rings. The van der Waals surface area contributed by atoms with E-state index < -0.39 is 0 Å². The third-order valence-electron chi connectivity index (χ3n) is 5.78. The molecule has 0 radical (unpaired) electrons. The molecule has 8 heteroatoms. The fourth-order valence-corrected chi connectivity index (χ4v) is 4.26. The molecule has 0 spiro atoms. The molecule has 0 bridgehead atoms. The molecule has 8 nitrogen and oxygen atoms in total. The Morgan fingerprint density at radius 3 is 2.70 bits per heavy atom. The summed E-state index contributed by atoms with van der Waals surface area (Å²) >= 11 is 0. The van der Waals surface area contributed by atoms with Gasteiger partial charge in [0.15, 0.2) is 0 Å². The molecule has 1 atom stereocenters. The minimum Gasteiger partial charge on any atom is -0.494 e. The summed E-state index contributed by atoms with van der Waals surface area (Å²) in [4.78, 5) is 17.4. The first-order valence-electron chi connectivity index (χ1n) is 10.9. The van der Waals surface area contributed by atoms with Gasteiger partial charge in [0.2, 0.25) is 5.91 Å². The number of nitrogens with zero attached hydrogens (tertiary/aromatic N) is 5. The molecule has 1 N–H and O–H groups in total. The second-order valence-electron chi connectivity index (χ2n) is 8.04. The SMILES string of the molecule is CCOc1ccccc1C1CC(=O)Nc2c1c(C)nn2-c1nncc(-c2ccc(C)cc2)n1. The van der Waals surface area contributed by atoms with Crippen molar-refractivity contribution in [3.8, 4) is 23.0 Å². The first-order valence-corrected chi connectivity index (χ1v) is 10.9. The molecule has 0 fully saturated rings. The number of benzene rings is 2. The maximum Gasteiger partial charge on any atom is 0.272 e. The molecule has 166 valence electrons. The van der Waals surface area contributed by atoms with Crippen molar-refractivity contribution >= 4 is 11.7 Å². The predicted molar refractivity (Wildman–Crippen MR) is 125 cm³/mol. The van der Waals surface area contributed by atoms with Gasteiger partial charge in [0.05, 0.1) is 24.2 Å². The van der Waals surface area contributed by atoms with E-state index >= 15 is 0 Å². The van der Waals surface area contributed by atoms with E-state index in [-0.39, 0.29) is 11.8 Å². The topological polar surface area (TPSA) is 94.8 Å². The number of amides is 1. The van der Waals surface area contributed by atoms with Gasteiger partial charge in [-0.2, -0.15) is 14.9 Å². The van der Waals surface area contributed by atoms with Gasteiger partial charge in [-0.15, -0.1) is 5.10 Å². The van der Waals surface area contributed by atoms with Crippen LogP contribution in [0.3, 0.4) is 0 Å². The monoisotopic (exact) mass is 440 g/mol. The number of hydrogen-bond acceptors (Lipinski definition) is 6. The van der Waals surface area contributed by atoms with Crippen molar-refractivity contribution in [3.63, 3.8) is 0 Å². The molecule has 1 unspecified atom stereocenters. The summed E-state index contributed by atoms with van der Waals surface area (Å²) in [6.45, 7) is 6.46. The molecule has 5 rings (SSSR count). The Balaban J connectivity index is 1.61. The molecule has 1 aliphatic heterocycles. The zero-order valence-corrected chi connectivity index (χ0v) is 18.7. The Bertz CT molecular complexity index is 1330. The molecule has 2 aromatic carbocycles. The van der Waals surface area contributed by atoms with Crippen molar-refractivity contribution < 1.29 is 9.53 Å². The largest absolute Gasteiger partial charge is 0.494 e. The van der Waals surface area contributed by atoms with Crippen LogP contribution < -0.4 is 10.1 Å².